The highest BCUT2D eigenvalue weighted by atomic mass is 19.2. The average molecular weight is 1100 g/mol. The van der Waals surface area contributed by atoms with Gasteiger partial charge in [0.15, 0.2) is 34.6 Å². The molecule has 2 aliphatic heterocycles. The molecule has 412 valence electrons. The molecule has 80 heavy (non-hydrogen) atoms. The number of H-pyrrole nitrogens is 2. The number of oxime groups is 2. The predicted octanol–water partition coefficient (Wildman–Crippen LogP) is 9.34. The van der Waals surface area contributed by atoms with Crippen LogP contribution >= 0.6 is 0 Å². The molecule has 20 nitrogen and oxygen atoms in total. The van der Waals surface area contributed by atoms with Crippen LogP contribution < -0.4 is 11.4 Å². The van der Waals surface area contributed by atoms with Crippen LogP contribution in [0.25, 0.3) is 22.3 Å². The van der Waals surface area contributed by atoms with Crippen LogP contribution in [-0.4, -0.2) is 109 Å². The van der Waals surface area contributed by atoms with Crippen molar-refractivity contribution in [1.29, 1.82) is 0 Å². The molecule has 0 radical (unpaired) electrons. The lowest BCUT2D eigenvalue weighted by Gasteiger charge is -2.32. The summed E-state index contributed by atoms with van der Waals surface area (Å²) in [5.41, 5.74) is 3.97. The van der Waals surface area contributed by atoms with Gasteiger partial charge < -0.3 is 29.7 Å². The number of nitrogens with one attached hydrogen (secondary N) is 2. The number of hydrogen-bond acceptors (Lipinski definition) is 14. The molecule has 0 unspecified atom stereocenters. The lowest BCUT2D eigenvalue weighted by molar-refractivity contribution is 0.0466. The number of hydrogen-bond donors (Lipinski definition) is 4. The SMILES string of the molecule is O=C(O[C@@H]1CC[C@@H](c2cccc(F)c2F)/C(=N/O)c2cccnc21)N1CCC(n2c(=O)[nH]c3ncccc32)CC1.O=C(O[C@@H]1CC[C@@H](c2cccc(F)c2F)/C(=N\O)c2cccnc21)N1CCC(n2c(=O)[nH]c3ncccc32)CC1. The molecule has 4 aliphatic rings. The third-order valence-corrected chi connectivity index (χ3v) is 15.5. The number of carbonyl (C=O) groups excluding carboxylic acids is 2. The van der Waals surface area contributed by atoms with E-state index in [4.69, 9.17) is 9.47 Å². The van der Waals surface area contributed by atoms with Gasteiger partial charge in [-0.2, -0.15) is 0 Å². The Morgan fingerprint density at radius 1 is 0.512 bits per heavy atom. The normalized spacial score (nSPS) is 20.9. The van der Waals surface area contributed by atoms with Crippen molar-refractivity contribution < 1.29 is 47.0 Å². The van der Waals surface area contributed by atoms with Gasteiger partial charge in [-0.1, -0.05) is 34.6 Å². The Morgan fingerprint density at radius 2 is 0.900 bits per heavy atom. The lowest BCUT2D eigenvalue weighted by Crippen LogP contribution is -2.41. The minimum Gasteiger partial charge on any atom is -0.440 e. The zero-order valence-electron chi connectivity index (χ0n) is 42.7. The van der Waals surface area contributed by atoms with Crippen LogP contribution in [0.4, 0.5) is 27.2 Å². The van der Waals surface area contributed by atoms with Crippen LogP contribution in [0.15, 0.2) is 130 Å². The molecular weight excluding hydrogens is 1040 g/mol. The molecule has 8 aromatic rings. The van der Waals surface area contributed by atoms with Crippen LogP contribution in [0.2, 0.25) is 0 Å². The second kappa shape index (κ2) is 22.6. The minimum absolute atomic E-state index is 0.0550. The van der Waals surface area contributed by atoms with Gasteiger partial charge in [0.1, 0.15) is 12.2 Å². The fraction of sp³-hybridized carbons (Fsp3) is 0.321. The fourth-order valence-corrected chi connectivity index (χ4v) is 11.6. The van der Waals surface area contributed by atoms with Gasteiger partial charge in [0.05, 0.1) is 33.8 Å². The van der Waals surface area contributed by atoms with Crippen molar-refractivity contribution in [3.63, 3.8) is 0 Å². The Morgan fingerprint density at radius 3 is 1.30 bits per heavy atom. The molecule has 0 bridgehead atoms. The van der Waals surface area contributed by atoms with Crippen molar-refractivity contribution in [2.24, 2.45) is 10.3 Å². The minimum atomic E-state index is -1.01. The number of aromatic amines is 2. The summed E-state index contributed by atoms with van der Waals surface area (Å²) in [6.45, 7) is 1.52. The van der Waals surface area contributed by atoms with E-state index in [1.165, 1.54) is 36.7 Å². The number of imidazole rings is 2. The van der Waals surface area contributed by atoms with Crippen molar-refractivity contribution >= 4 is 45.9 Å². The third-order valence-electron chi connectivity index (χ3n) is 15.5. The molecule has 2 saturated heterocycles. The molecule has 4 N–H and O–H groups in total. The van der Waals surface area contributed by atoms with Gasteiger partial charge in [-0.15, -0.1) is 0 Å². The summed E-state index contributed by atoms with van der Waals surface area (Å²) in [5.74, 6) is -5.56. The number of piperidine rings is 2. The van der Waals surface area contributed by atoms with Crippen LogP contribution in [0.3, 0.4) is 0 Å². The molecule has 2 aliphatic carbocycles. The standard InChI is InChI=1S/2C28H26F2N6O4/c2*29-20-6-1-4-17(23(20)30)18-8-9-22(25-19(24(18)34-39)5-2-12-31-25)40-28(38)35-14-10-16(11-15-35)36-21-7-3-13-32-26(21)33-27(36)37/h2*1-7,12-13,16,18,22,39H,8-11,14-15H2,(H,32,33,37)/b34-24+;34-24-/t2*18-,22+/m00/s1. The lowest BCUT2D eigenvalue weighted by atomic mass is 9.88. The van der Waals surface area contributed by atoms with E-state index < -0.39 is 59.5 Å². The van der Waals surface area contributed by atoms with E-state index >= 15 is 0 Å². The van der Waals surface area contributed by atoms with Crippen molar-refractivity contribution in [1.82, 2.24) is 48.8 Å². The van der Waals surface area contributed by atoms with E-state index in [1.54, 1.807) is 67.7 Å². The number of pyridine rings is 4. The largest absolute Gasteiger partial charge is 0.440 e. The van der Waals surface area contributed by atoms with Gasteiger partial charge in [-0.05, 0) is 112 Å². The Kier molecular flexibility index (Phi) is 14.9. The molecule has 0 saturated carbocycles. The summed E-state index contributed by atoms with van der Waals surface area (Å²) in [6, 6.07) is 21.4. The molecule has 2 fully saturated rings. The van der Waals surface area contributed by atoms with Crippen LogP contribution in [0, 0.1) is 23.3 Å². The Hall–Kier alpha value is -9.22. The highest BCUT2D eigenvalue weighted by Gasteiger charge is 2.39. The number of rotatable bonds is 6. The molecule has 8 heterocycles. The van der Waals surface area contributed by atoms with Crippen molar-refractivity contribution in [3.8, 4) is 0 Å². The number of carbonyl (C=O) groups is 2. The molecule has 12 rings (SSSR count). The number of aromatic nitrogens is 8. The predicted molar refractivity (Wildman–Crippen MR) is 281 cm³/mol. The zero-order valence-corrected chi connectivity index (χ0v) is 42.7. The second-order valence-electron chi connectivity index (χ2n) is 19.9. The first kappa shape index (κ1) is 52.8. The maximum atomic E-state index is 14.8. The number of benzene rings is 2. The highest BCUT2D eigenvalue weighted by Crippen LogP contribution is 2.41. The number of fused-ring (bicyclic) bond motifs is 4. The number of amides is 2. The summed E-state index contributed by atoms with van der Waals surface area (Å²) < 4.78 is 72.8. The molecule has 2 amide bonds. The maximum Gasteiger partial charge on any atom is 0.410 e. The zero-order chi connectivity index (χ0) is 55.6. The Bertz CT molecular complexity index is 3570. The molecule has 4 atom stereocenters. The van der Waals surface area contributed by atoms with Gasteiger partial charge in [0.2, 0.25) is 0 Å². The average Bonchev–Trinajstić information content (AvgIpc) is 3.90. The molecule has 0 spiro atoms. The van der Waals surface area contributed by atoms with E-state index in [9.17, 15) is 47.2 Å². The van der Waals surface area contributed by atoms with Gasteiger partial charge in [-0.25, -0.2) is 46.7 Å². The summed E-state index contributed by atoms with van der Waals surface area (Å²) in [5, 5.41) is 26.7. The first-order valence-electron chi connectivity index (χ1n) is 26.2. The van der Waals surface area contributed by atoms with E-state index in [0.29, 0.717) is 85.7 Å². The number of halogens is 4. The third kappa shape index (κ3) is 10.1. The van der Waals surface area contributed by atoms with Crippen LogP contribution in [0.5, 0.6) is 0 Å². The van der Waals surface area contributed by atoms with Crippen LogP contribution in [-0.2, 0) is 9.47 Å². The summed E-state index contributed by atoms with van der Waals surface area (Å²) in [6.07, 6.45) is 6.85. The first-order valence-corrected chi connectivity index (χ1v) is 26.2. The Labute approximate surface area is 452 Å². The summed E-state index contributed by atoms with van der Waals surface area (Å²) >= 11 is 0. The van der Waals surface area contributed by atoms with E-state index in [0.717, 1.165) is 23.2 Å². The van der Waals surface area contributed by atoms with Crippen molar-refractivity contribution in [2.75, 3.05) is 26.2 Å². The highest BCUT2D eigenvalue weighted by molar-refractivity contribution is 6.07. The van der Waals surface area contributed by atoms with E-state index in [-0.39, 0.29) is 71.7 Å². The van der Waals surface area contributed by atoms with Crippen molar-refractivity contribution in [3.05, 3.63) is 188 Å². The number of ether oxygens (including phenoxy) is 2. The molecular formula is C56H52F4N12O8. The van der Waals surface area contributed by atoms with Crippen LogP contribution in [0.1, 0.15) is 121 Å². The van der Waals surface area contributed by atoms with E-state index in [2.05, 4.69) is 40.2 Å². The smallest absolute Gasteiger partial charge is 0.410 e. The fourth-order valence-electron chi connectivity index (χ4n) is 11.6. The molecule has 6 aromatic heterocycles. The van der Waals surface area contributed by atoms with Gasteiger partial charge in [-0.3, -0.25) is 29.1 Å². The second-order valence-corrected chi connectivity index (χ2v) is 19.9. The van der Waals surface area contributed by atoms with Gasteiger partial charge in [0.25, 0.3) is 0 Å². The van der Waals surface area contributed by atoms with Gasteiger partial charge >= 0.3 is 23.6 Å². The van der Waals surface area contributed by atoms with Crippen molar-refractivity contribution in [2.45, 2.75) is 87.5 Å². The topological polar surface area (TPSA) is 251 Å². The monoisotopic (exact) mass is 1100 g/mol. The molecule has 2 aromatic carbocycles. The molecule has 24 heteroatoms. The quantitative estimate of drug-likeness (QED) is 0.0526. The van der Waals surface area contributed by atoms with Gasteiger partial charge in [0, 0.05) is 97.1 Å². The summed E-state index contributed by atoms with van der Waals surface area (Å²) in [4.78, 5) is 77.6. The van der Waals surface area contributed by atoms with E-state index in [1.807, 2.05) is 12.1 Å². The number of nitrogens with zero attached hydrogens (tertiary/aromatic N) is 10. The maximum absolute atomic E-state index is 14.8. The number of likely N-dealkylation sites (tertiary alicyclic amines) is 2. The Balaban J connectivity index is 0.000000169. The first-order chi connectivity index (χ1) is 38.9. The summed E-state index contributed by atoms with van der Waals surface area (Å²) in [7, 11) is 0.